The molecule has 3 N–H and O–H groups in total. The van der Waals surface area contributed by atoms with Crippen LogP contribution in [0.1, 0.15) is 11.1 Å². The second kappa shape index (κ2) is 6.14. The Balaban J connectivity index is 2.00. The van der Waals surface area contributed by atoms with Crippen LogP contribution in [0, 0.1) is 6.92 Å². The van der Waals surface area contributed by atoms with Crippen molar-refractivity contribution in [2.45, 2.75) is 23.1 Å². The molecular formula is C17H17ClN2S. The highest BCUT2D eigenvalue weighted by Gasteiger charge is 2.09. The van der Waals surface area contributed by atoms with Crippen LogP contribution in [0.25, 0.3) is 10.9 Å². The van der Waals surface area contributed by atoms with Gasteiger partial charge in [-0.25, -0.2) is 0 Å². The van der Waals surface area contributed by atoms with E-state index in [4.69, 9.17) is 17.3 Å². The Bertz CT molecular complexity index is 780. The number of aromatic nitrogens is 1. The van der Waals surface area contributed by atoms with Gasteiger partial charge in [0, 0.05) is 31.9 Å². The Kier molecular flexibility index (Phi) is 4.24. The standard InChI is InChI=1S/C17H17ClN2S/c1-11-2-5-16(12(8-11)6-7-19)21-17-10-20-15-4-3-13(18)9-14(15)17/h2-5,8-10,20H,6-7,19H2,1H3. The minimum Gasteiger partial charge on any atom is -0.360 e. The lowest BCUT2D eigenvalue weighted by Gasteiger charge is -2.09. The van der Waals surface area contributed by atoms with Crippen molar-refractivity contribution in [3.05, 3.63) is 58.7 Å². The molecule has 108 valence electrons. The fraction of sp³-hybridized carbons (Fsp3) is 0.176. The van der Waals surface area contributed by atoms with Gasteiger partial charge in [0.1, 0.15) is 0 Å². The summed E-state index contributed by atoms with van der Waals surface area (Å²) < 4.78 is 0. The third kappa shape index (κ3) is 3.10. The van der Waals surface area contributed by atoms with E-state index in [1.807, 2.05) is 24.4 Å². The van der Waals surface area contributed by atoms with Gasteiger partial charge in [0.15, 0.2) is 0 Å². The maximum absolute atomic E-state index is 6.11. The van der Waals surface area contributed by atoms with Crippen molar-refractivity contribution in [1.29, 1.82) is 0 Å². The van der Waals surface area contributed by atoms with Gasteiger partial charge in [0.25, 0.3) is 0 Å². The summed E-state index contributed by atoms with van der Waals surface area (Å²) in [5, 5.41) is 1.92. The molecule has 0 saturated heterocycles. The number of nitrogens with two attached hydrogens (primary N) is 1. The highest BCUT2D eigenvalue weighted by atomic mass is 35.5. The highest BCUT2D eigenvalue weighted by Crippen LogP contribution is 2.36. The van der Waals surface area contributed by atoms with Crippen molar-refractivity contribution in [3.8, 4) is 0 Å². The predicted molar refractivity (Wildman–Crippen MR) is 91.4 cm³/mol. The van der Waals surface area contributed by atoms with Crippen LogP contribution < -0.4 is 5.73 Å². The molecule has 1 heterocycles. The second-order valence-corrected chi connectivity index (χ2v) is 6.61. The molecular weight excluding hydrogens is 300 g/mol. The zero-order chi connectivity index (χ0) is 14.8. The van der Waals surface area contributed by atoms with Gasteiger partial charge in [0.05, 0.1) is 0 Å². The SMILES string of the molecule is Cc1ccc(Sc2c[nH]c3ccc(Cl)cc23)c(CCN)c1. The fourth-order valence-electron chi connectivity index (χ4n) is 2.43. The molecule has 0 aliphatic heterocycles. The van der Waals surface area contributed by atoms with E-state index in [-0.39, 0.29) is 0 Å². The Hall–Kier alpha value is -1.42. The molecule has 1 aromatic heterocycles. The van der Waals surface area contributed by atoms with Crippen molar-refractivity contribution < 1.29 is 0 Å². The van der Waals surface area contributed by atoms with Crippen molar-refractivity contribution in [3.63, 3.8) is 0 Å². The first-order valence-corrected chi connectivity index (χ1v) is 8.11. The summed E-state index contributed by atoms with van der Waals surface area (Å²) in [5.74, 6) is 0. The van der Waals surface area contributed by atoms with Crippen molar-refractivity contribution >= 4 is 34.3 Å². The minimum atomic E-state index is 0.663. The number of rotatable bonds is 4. The summed E-state index contributed by atoms with van der Waals surface area (Å²) in [6, 6.07) is 12.5. The molecule has 0 unspecified atom stereocenters. The van der Waals surface area contributed by atoms with E-state index in [0.29, 0.717) is 6.54 Å². The largest absolute Gasteiger partial charge is 0.360 e. The van der Waals surface area contributed by atoms with Crippen molar-refractivity contribution in [2.75, 3.05) is 6.54 Å². The normalized spacial score (nSPS) is 11.2. The van der Waals surface area contributed by atoms with E-state index >= 15 is 0 Å². The maximum atomic E-state index is 6.11. The molecule has 2 aromatic carbocycles. The minimum absolute atomic E-state index is 0.663. The molecule has 2 nitrogen and oxygen atoms in total. The second-order valence-electron chi connectivity index (χ2n) is 5.09. The molecule has 0 saturated carbocycles. The predicted octanol–water partition coefficient (Wildman–Crippen LogP) is 4.78. The van der Waals surface area contributed by atoms with E-state index < -0.39 is 0 Å². The molecule has 3 rings (SSSR count). The Labute approximate surface area is 133 Å². The van der Waals surface area contributed by atoms with E-state index in [1.165, 1.54) is 20.9 Å². The van der Waals surface area contributed by atoms with Crippen LogP contribution in [0.5, 0.6) is 0 Å². The zero-order valence-electron chi connectivity index (χ0n) is 11.8. The number of halogens is 1. The van der Waals surface area contributed by atoms with Gasteiger partial charge in [-0.05, 0) is 49.7 Å². The van der Waals surface area contributed by atoms with Crippen LogP contribution in [0.15, 0.2) is 52.4 Å². The van der Waals surface area contributed by atoms with Gasteiger partial charge >= 0.3 is 0 Å². The molecule has 21 heavy (non-hydrogen) atoms. The summed E-state index contributed by atoms with van der Waals surface area (Å²) in [4.78, 5) is 5.74. The van der Waals surface area contributed by atoms with E-state index in [0.717, 1.165) is 22.3 Å². The Morgan fingerprint density at radius 2 is 2.00 bits per heavy atom. The molecule has 3 aromatic rings. The molecule has 4 heteroatoms. The number of aryl methyl sites for hydroxylation is 1. The third-order valence-corrected chi connectivity index (χ3v) is 4.87. The number of hydrogen-bond donors (Lipinski definition) is 2. The third-order valence-electron chi connectivity index (χ3n) is 3.46. The van der Waals surface area contributed by atoms with Gasteiger partial charge < -0.3 is 10.7 Å². The first-order valence-electron chi connectivity index (χ1n) is 6.91. The van der Waals surface area contributed by atoms with Gasteiger partial charge in [0.2, 0.25) is 0 Å². The molecule has 0 amide bonds. The van der Waals surface area contributed by atoms with Crippen LogP contribution >= 0.6 is 23.4 Å². The number of nitrogens with one attached hydrogen (secondary N) is 1. The molecule has 0 spiro atoms. The van der Waals surface area contributed by atoms with Gasteiger partial charge in [-0.3, -0.25) is 0 Å². The number of hydrogen-bond acceptors (Lipinski definition) is 2. The zero-order valence-corrected chi connectivity index (χ0v) is 13.4. The monoisotopic (exact) mass is 316 g/mol. The maximum Gasteiger partial charge on any atom is 0.0466 e. The summed E-state index contributed by atoms with van der Waals surface area (Å²) in [5.41, 5.74) is 9.41. The van der Waals surface area contributed by atoms with Crippen LogP contribution in [0.2, 0.25) is 5.02 Å². The van der Waals surface area contributed by atoms with E-state index in [1.54, 1.807) is 11.8 Å². The lowest BCUT2D eigenvalue weighted by Crippen LogP contribution is -2.03. The first-order chi connectivity index (χ1) is 10.2. The number of benzene rings is 2. The molecule has 0 aliphatic rings. The van der Waals surface area contributed by atoms with Crippen molar-refractivity contribution in [2.24, 2.45) is 5.73 Å². The first kappa shape index (κ1) is 14.5. The average Bonchev–Trinajstić information content (AvgIpc) is 2.84. The number of H-pyrrole nitrogens is 1. The lowest BCUT2D eigenvalue weighted by atomic mass is 10.1. The molecule has 0 radical (unpaired) electrons. The summed E-state index contributed by atoms with van der Waals surface area (Å²) in [6.45, 7) is 2.77. The summed E-state index contributed by atoms with van der Waals surface area (Å²) in [6.07, 6.45) is 2.94. The average molecular weight is 317 g/mol. The molecule has 0 bridgehead atoms. The van der Waals surface area contributed by atoms with Gasteiger partial charge in [-0.15, -0.1) is 0 Å². The van der Waals surface area contributed by atoms with Crippen molar-refractivity contribution in [1.82, 2.24) is 4.98 Å². The molecule has 0 atom stereocenters. The van der Waals surface area contributed by atoms with Gasteiger partial charge in [-0.2, -0.15) is 0 Å². The summed E-state index contributed by atoms with van der Waals surface area (Å²) in [7, 11) is 0. The van der Waals surface area contributed by atoms with Crippen LogP contribution in [0.3, 0.4) is 0 Å². The van der Waals surface area contributed by atoms with Crippen LogP contribution in [-0.2, 0) is 6.42 Å². The van der Waals surface area contributed by atoms with E-state index in [2.05, 4.69) is 30.1 Å². The van der Waals surface area contributed by atoms with Crippen LogP contribution in [0.4, 0.5) is 0 Å². The van der Waals surface area contributed by atoms with E-state index in [9.17, 15) is 0 Å². The number of fused-ring (bicyclic) bond motifs is 1. The Morgan fingerprint density at radius 3 is 2.81 bits per heavy atom. The molecule has 0 aliphatic carbocycles. The molecule has 0 fully saturated rings. The number of aromatic amines is 1. The summed E-state index contributed by atoms with van der Waals surface area (Å²) >= 11 is 7.87. The Morgan fingerprint density at radius 1 is 1.14 bits per heavy atom. The quantitative estimate of drug-likeness (QED) is 0.727. The lowest BCUT2D eigenvalue weighted by molar-refractivity contribution is 0.942. The van der Waals surface area contributed by atoms with Gasteiger partial charge in [-0.1, -0.05) is 41.1 Å². The topological polar surface area (TPSA) is 41.8 Å². The smallest absolute Gasteiger partial charge is 0.0466 e. The van der Waals surface area contributed by atoms with Crippen LogP contribution in [-0.4, -0.2) is 11.5 Å². The highest BCUT2D eigenvalue weighted by molar-refractivity contribution is 7.99. The fourth-order valence-corrected chi connectivity index (χ4v) is 3.66.